The average Bonchev–Trinajstić information content (AvgIpc) is 2.01. The van der Waals surface area contributed by atoms with Crippen molar-refractivity contribution in [3.63, 3.8) is 0 Å². The zero-order valence-corrected chi connectivity index (χ0v) is 7.10. The number of rotatable bonds is 1. The van der Waals surface area contributed by atoms with Gasteiger partial charge in [-0.25, -0.2) is 0 Å². The molecular weight excluding hydrogens is 179 g/mol. The van der Waals surface area contributed by atoms with Crippen molar-refractivity contribution in [3.8, 4) is 0 Å². The molecule has 4 heteroatoms. The minimum atomic E-state index is -4.37. The van der Waals surface area contributed by atoms with E-state index >= 15 is 0 Å². The Morgan fingerprint density at radius 3 is 2.38 bits per heavy atom. The first-order valence-electron chi connectivity index (χ1n) is 3.80. The van der Waals surface area contributed by atoms with Crippen molar-refractivity contribution in [2.45, 2.75) is 19.1 Å². The van der Waals surface area contributed by atoms with Gasteiger partial charge in [-0.1, -0.05) is 29.8 Å². The first kappa shape index (κ1) is 10.1. The van der Waals surface area contributed by atoms with Gasteiger partial charge in [-0.15, -0.1) is 0 Å². The van der Waals surface area contributed by atoms with E-state index in [-0.39, 0.29) is 5.56 Å². The summed E-state index contributed by atoms with van der Waals surface area (Å²) in [6.07, 6.45) is -4.37. The monoisotopic (exact) mass is 189 g/mol. The Morgan fingerprint density at radius 2 is 1.92 bits per heavy atom. The van der Waals surface area contributed by atoms with Gasteiger partial charge < -0.3 is 5.73 Å². The SMILES string of the molecule is Cc1cccc([C@@H](N)C(F)(F)F)c1. The van der Waals surface area contributed by atoms with E-state index in [0.717, 1.165) is 5.56 Å². The van der Waals surface area contributed by atoms with Crippen LogP contribution in [0.5, 0.6) is 0 Å². The van der Waals surface area contributed by atoms with Crippen LogP contribution >= 0.6 is 0 Å². The molecule has 2 N–H and O–H groups in total. The van der Waals surface area contributed by atoms with Crippen LogP contribution in [0.4, 0.5) is 13.2 Å². The average molecular weight is 189 g/mol. The summed E-state index contributed by atoms with van der Waals surface area (Å²) in [5, 5.41) is 0. The Balaban J connectivity index is 2.96. The van der Waals surface area contributed by atoms with Crippen molar-refractivity contribution in [3.05, 3.63) is 35.4 Å². The fourth-order valence-electron chi connectivity index (χ4n) is 1.05. The van der Waals surface area contributed by atoms with Gasteiger partial charge in [0.15, 0.2) is 0 Å². The van der Waals surface area contributed by atoms with E-state index in [2.05, 4.69) is 0 Å². The van der Waals surface area contributed by atoms with Crippen molar-refractivity contribution in [1.82, 2.24) is 0 Å². The molecule has 0 spiro atoms. The van der Waals surface area contributed by atoms with Gasteiger partial charge in [0.1, 0.15) is 6.04 Å². The highest BCUT2D eigenvalue weighted by Gasteiger charge is 2.37. The van der Waals surface area contributed by atoms with Crippen molar-refractivity contribution in [2.24, 2.45) is 5.73 Å². The number of benzene rings is 1. The Kier molecular flexibility index (Phi) is 2.61. The number of alkyl halides is 3. The van der Waals surface area contributed by atoms with E-state index in [4.69, 9.17) is 5.73 Å². The van der Waals surface area contributed by atoms with Gasteiger partial charge in [-0.3, -0.25) is 0 Å². The molecule has 0 aliphatic carbocycles. The first-order valence-corrected chi connectivity index (χ1v) is 3.80. The molecule has 1 rings (SSSR count). The van der Waals surface area contributed by atoms with Crippen LogP contribution < -0.4 is 5.73 Å². The molecular formula is C9H10F3N. The van der Waals surface area contributed by atoms with Crippen LogP contribution in [0.2, 0.25) is 0 Å². The highest BCUT2D eigenvalue weighted by atomic mass is 19.4. The maximum Gasteiger partial charge on any atom is 0.407 e. The van der Waals surface area contributed by atoms with E-state index in [1.54, 1.807) is 19.1 Å². The summed E-state index contributed by atoms with van der Waals surface area (Å²) in [5.41, 5.74) is 5.90. The van der Waals surface area contributed by atoms with E-state index < -0.39 is 12.2 Å². The largest absolute Gasteiger partial charge is 0.407 e. The molecule has 0 aliphatic heterocycles. The number of nitrogens with two attached hydrogens (primary N) is 1. The molecule has 0 unspecified atom stereocenters. The molecule has 0 fully saturated rings. The van der Waals surface area contributed by atoms with Gasteiger partial charge in [0, 0.05) is 0 Å². The van der Waals surface area contributed by atoms with Gasteiger partial charge in [0.2, 0.25) is 0 Å². The predicted molar refractivity (Wildman–Crippen MR) is 44.2 cm³/mol. The second kappa shape index (κ2) is 3.38. The van der Waals surface area contributed by atoms with Crippen molar-refractivity contribution in [1.29, 1.82) is 0 Å². The molecule has 0 saturated carbocycles. The molecule has 0 aliphatic rings. The predicted octanol–water partition coefficient (Wildman–Crippen LogP) is 2.56. The lowest BCUT2D eigenvalue weighted by Crippen LogP contribution is -2.28. The van der Waals surface area contributed by atoms with E-state index in [9.17, 15) is 13.2 Å². The Hall–Kier alpha value is -1.03. The molecule has 0 aromatic heterocycles. The van der Waals surface area contributed by atoms with Crippen LogP contribution in [-0.4, -0.2) is 6.18 Å². The summed E-state index contributed by atoms with van der Waals surface area (Å²) in [4.78, 5) is 0. The molecule has 13 heavy (non-hydrogen) atoms. The third kappa shape index (κ3) is 2.45. The summed E-state index contributed by atoms with van der Waals surface area (Å²) in [5.74, 6) is 0. The molecule has 0 heterocycles. The fourth-order valence-corrected chi connectivity index (χ4v) is 1.05. The van der Waals surface area contributed by atoms with Gasteiger partial charge in [-0.05, 0) is 12.5 Å². The van der Waals surface area contributed by atoms with Crippen molar-refractivity contribution < 1.29 is 13.2 Å². The smallest absolute Gasteiger partial charge is 0.316 e. The minimum Gasteiger partial charge on any atom is -0.316 e. The third-order valence-corrected chi connectivity index (χ3v) is 1.75. The zero-order valence-electron chi connectivity index (χ0n) is 7.10. The highest BCUT2D eigenvalue weighted by Crippen LogP contribution is 2.30. The lowest BCUT2D eigenvalue weighted by Gasteiger charge is -2.15. The summed E-state index contributed by atoms with van der Waals surface area (Å²) < 4.78 is 36.4. The number of hydrogen-bond donors (Lipinski definition) is 1. The highest BCUT2D eigenvalue weighted by molar-refractivity contribution is 5.25. The molecule has 1 nitrogen and oxygen atoms in total. The van der Waals surface area contributed by atoms with Gasteiger partial charge in [0.25, 0.3) is 0 Å². The van der Waals surface area contributed by atoms with E-state index in [0.29, 0.717) is 0 Å². The summed E-state index contributed by atoms with van der Waals surface area (Å²) in [6.45, 7) is 1.73. The van der Waals surface area contributed by atoms with Crippen molar-refractivity contribution >= 4 is 0 Å². The van der Waals surface area contributed by atoms with Crippen LogP contribution in [0.1, 0.15) is 17.2 Å². The molecule has 1 atom stereocenters. The Labute approximate surface area is 74.4 Å². The molecule has 1 aromatic rings. The molecule has 0 amide bonds. The van der Waals surface area contributed by atoms with Crippen LogP contribution in [-0.2, 0) is 0 Å². The maximum absolute atomic E-state index is 12.1. The Morgan fingerprint density at radius 1 is 1.31 bits per heavy atom. The number of hydrogen-bond acceptors (Lipinski definition) is 1. The molecule has 0 radical (unpaired) electrons. The zero-order chi connectivity index (χ0) is 10.1. The van der Waals surface area contributed by atoms with Crippen LogP contribution in [0, 0.1) is 6.92 Å². The van der Waals surface area contributed by atoms with Crippen LogP contribution in [0.25, 0.3) is 0 Å². The molecule has 0 bridgehead atoms. The summed E-state index contributed by atoms with van der Waals surface area (Å²) in [7, 11) is 0. The second-order valence-corrected chi connectivity index (χ2v) is 2.93. The van der Waals surface area contributed by atoms with E-state index in [1.165, 1.54) is 12.1 Å². The molecule has 0 saturated heterocycles. The molecule has 1 aromatic carbocycles. The quantitative estimate of drug-likeness (QED) is 0.721. The lowest BCUT2D eigenvalue weighted by molar-refractivity contribution is -0.149. The standard InChI is InChI=1S/C9H10F3N/c1-6-3-2-4-7(5-6)8(13)9(10,11)12/h2-5,8H,13H2,1H3/t8-/m1/s1. The topological polar surface area (TPSA) is 26.0 Å². The van der Waals surface area contributed by atoms with Crippen molar-refractivity contribution in [2.75, 3.05) is 0 Å². The van der Waals surface area contributed by atoms with Gasteiger partial charge >= 0.3 is 6.18 Å². The Bertz CT molecular complexity index is 293. The number of aryl methyl sites for hydroxylation is 1. The number of halogens is 3. The normalized spacial score (nSPS) is 14.2. The lowest BCUT2D eigenvalue weighted by atomic mass is 10.1. The summed E-state index contributed by atoms with van der Waals surface area (Å²) in [6, 6.07) is 4.24. The third-order valence-electron chi connectivity index (χ3n) is 1.75. The summed E-state index contributed by atoms with van der Waals surface area (Å²) >= 11 is 0. The van der Waals surface area contributed by atoms with Crippen LogP contribution in [0.3, 0.4) is 0 Å². The minimum absolute atomic E-state index is 0.104. The first-order chi connectivity index (χ1) is 5.91. The van der Waals surface area contributed by atoms with Crippen LogP contribution in [0.15, 0.2) is 24.3 Å². The van der Waals surface area contributed by atoms with Gasteiger partial charge in [-0.2, -0.15) is 13.2 Å². The maximum atomic E-state index is 12.1. The van der Waals surface area contributed by atoms with E-state index in [1.807, 2.05) is 0 Å². The molecule has 72 valence electrons. The van der Waals surface area contributed by atoms with Gasteiger partial charge in [0.05, 0.1) is 0 Å². The fraction of sp³-hybridized carbons (Fsp3) is 0.333. The second-order valence-electron chi connectivity index (χ2n) is 2.93.